The van der Waals surface area contributed by atoms with Gasteiger partial charge in [-0.2, -0.15) is 0 Å². The zero-order valence-electron chi connectivity index (χ0n) is 16.1. The quantitative estimate of drug-likeness (QED) is 0.810. The van der Waals surface area contributed by atoms with Crippen LogP contribution in [-0.4, -0.2) is 19.1 Å². The van der Waals surface area contributed by atoms with Gasteiger partial charge in [-0.25, -0.2) is 0 Å². The summed E-state index contributed by atoms with van der Waals surface area (Å²) < 4.78 is 6.02. The van der Waals surface area contributed by atoms with Crippen molar-refractivity contribution >= 4 is 5.91 Å². The van der Waals surface area contributed by atoms with E-state index in [2.05, 4.69) is 39.9 Å². The Kier molecular flexibility index (Phi) is 5.95. The molecule has 3 heteroatoms. The second-order valence-corrected chi connectivity index (χ2v) is 8.81. The molecule has 0 spiro atoms. The van der Waals surface area contributed by atoms with E-state index in [1.165, 1.54) is 12.8 Å². The van der Waals surface area contributed by atoms with Crippen molar-refractivity contribution in [1.29, 1.82) is 0 Å². The fourth-order valence-electron chi connectivity index (χ4n) is 3.13. The second kappa shape index (κ2) is 7.58. The van der Waals surface area contributed by atoms with Crippen molar-refractivity contribution in [1.82, 2.24) is 5.32 Å². The van der Waals surface area contributed by atoms with Gasteiger partial charge in [-0.15, -0.1) is 0 Å². The Morgan fingerprint density at radius 1 is 1.29 bits per heavy atom. The number of ether oxygens (including phenoxy) is 1. The standard InChI is InChI=1S/C21H33NO2/c1-14(2)12-22-20(23)18-9-15(3)7-8-19(18)24-13-16-10-17(11-16)21(4,5)6/h7-9,14,16-17H,10-13H2,1-6H3,(H,22,23). The molecule has 1 aromatic carbocycles. The van der Waals surface area contributed by atoms with Crippen LogP contribution in [-0.2, 0) is 0 Å². The molecule has 3 nitrogen and oxygen atoms in total. The van der Waals surface area contributed by atoms with Gasteiger partial charge in [0.1, 0.15) is 5.75 Å². The number of rotatable bonds is 6. The van der Waals surface area contributed by atoms with Crippen molar-refractivity contribution in [3.8, 4) is 5.75 Å². The summed E-state index contributed by atoms with van der Waals surface area (Å²) in [5.74, 6) is 2.51. The molecule has 2 rings (SSSR count). The summed E-state index contributed by atoms with van der Waals surface area (Å²) in [6.07, 6.45) is 2.45. The van der Waals surface area contributed by atoms with Gasteiger partial charge in [-0.1, -0.05) is 46.2 Å². The molecular formula is C21H33NO2. The van der Waals surface area contributed by atoms with Crippen LogP contribution >= 0.6 is 0 Å². The van der Waals surface area contributed by atoms with E-state index in [1.807, 2.05) is 25.1 Å². The molecule has 134 valence electrons. The minimum Gasteiger partial charge on any atom is -0.492 e. The van der Waals surface area contributed by atoms with Crippen LogP contribution in [0, 0.1) is 30.1 Å². The van der Waals surface area contributed by atoms with Crippen LogP contribution in [0.15, 0.2) is 18.2 Å². The van der Waals surface area contributed by atoms with Crippen LogP contribution in [0.1, 0.15) is 63.4 Å². The molecule has 0 bridgehead atoms. The average molecular weight is 332 g/mol. The van der Waals surface area contributed by atoms with E-state index in [0.717, 1.165) is 11.5 Å². The molecule has 24 heavy (non-hydrogen) atoms. The van der Waals surface area contributed by atoms with Gasteiger partial charge in [0.2, 0.25) is 0 Å². The normalized spacial score (nSPS) is 20.6. The summed E-state index contributed by atoms with van der Waals surface area (Å²) in [6, 6.07) is 5.86. The van der Waals surface area contributed by atoms with Gasteiger partial charge in [0, 0.05) is 6.54 Å². The Morgan fingerprint density at radius 3 is 2.54 bits per heavy atom. The number of carbonyl (C=O) groups is 1. The molecule has 0 radical (unpaired) electrons. The number of carbonyl (C=O) groups excluding carboxylic acids is 1. The molecule has 1 fully saturated rings. The average Bonchev–Trinajstić information content (AvgIpc) is 2.42. The lowest BCUT2D eigenvalue weighted by molar-refractivity contribution is 0.0450. The molecule has 0 heterocycles. The summed E-state index contributed by atoms with van der Waals surface area (Å²) in [6.45, 7) is 14.5. The third-order valence-corrected chi connectivity index (χ3v) is 4.99. The molecule has 1 N–H and O–H groups in total. The Balaban J connectivity index is 1.94. The van der Waals surface area contributed by atoms with Crippen molar-refractivity contribution in [3.63, 3.8) is 0 Å². The third-order valence-electron chi connectivity index (χ3n) is 4.99. The second-order valence-electron chi connectivity index (χ2n) is 8.81. The summed E-state index contributed by atoms with van der Waals surface area (Å²) in [5, 5.41) is 2.99. The maximum atomic E-state index is 12.4. The summed E-state index contributed by atoms with van der Waals surface area (Å²) in [4.78, 5) is 12.4. The maximum Gasteiger partial charge on any atom is 0.255 e. The number of hydrogen-bond acceptors (Lipinski definition) is 2. The van der Waals surface area contributed by atoms with Crippen molar-refractivity contribution in [2.45, 2.75) is 54.4 Å². The molecule has 1 aliphatic carbocycles. The van der Waals surface area contributed by atoms with E-state index < -0.39 is 0 Å². The van der Waals surface area contributed by atoms with Gasteiger partial charge in [0.05, 0.1) is 12.2 Å². The minimum absolute atomic E-state index is 0.0384. The zero-order valence-corrected chi connectivity index (χ0v) is 16.1. The largest absolute Gasteiger partial charge is 0.492 e. The molecule has 1 amide bonds. The van der Waals surface area contributed by atoms with Crippen LogP contribution < -0.4 is 10.1 Å². The van der Waals surface area contributed by atoms with Gasteiger partial charge in [0.15, 0.2) is 0 Å². The first-order valence-corrected chi connectivity index (χ1v) is 9.18. The van der Waals surface area contributed by atoms with Gasteiger partial charge in [0.25, 0.3) is 5.91 Å². The van der Waals surface area contributed by atoms with Crippen LogP contribution in [0.4, 0.5) is 0 Å². The highest BCUT2D eigenvalue weighted by atomic mass is 16.5. The Bertz CT molecular complexity index is 566. The van der Waals surface area contributed by atoms with E-state index in [9.17, 15) is 4.79 Å². The van der Waals surface area contributed by atoms with E-state index in [1.54, 1.807) is 0 Å². The third kappa shape index (κ3) is 4.99. The Morgan fingerprint density at radius 2 is 1.96 bits per heavy atom. The van der Waals surface area contributed by atoms with Gasteiger partial charge in [-0.05, 0) is 55.1 Å². The van der Waals surface area contributed by atoms with E-state index >= 15 is 0 Å². The van der Waals surface area contributed by atoms with Crippen molar-refractivity contribution < 1.29 is 9.53 Å². The number of nitrogens with one attached hydrogen (secondary N) is 1. The molecule has 0 aliphatic heterocycles. The lowest BCUT2D eigenvalue weighted by Crippen LogP contribution is -2.36. The van der Waals surface area contributed by atoms with Crippen LogP contribution in [0.25, 0.3) is 0 Å². The van der Waals surface area contributed by atoms with E-state index in [-0.39, 0.29) is 5.91 Å². The predicted molar refractivity (Wildman–Crippen MR) is 99.5 cm³/mol. The van der Waals surface area contributed by atoms with Crippen LogP contribution in [0.2, 0.25) is 0 Å². The number of amides is 1. The molecule has 1 saturated carbocycles. The monoisotopic (exact) mass is 331 g/mol. The molecule has 0 unspecified atom stereocenters. The topological polar surface area (TPSA) is 38.3 Å². The summed E-state index contributed by atoms with van der Waals surface area (Å²) in [7, 11) is 0. The molecule has 1 aromatic rings. The van der Waals surface area contributed by atoms with E-state index in [4.69, 9.17) is 4.74 Å². The highest BCUT2D eigenvalue weighted by Gasteiger charge is 2.37. The van der Waals surface area contributed by atoms with Crippen molar-refractivity contribution in [2.24, 2.45) is 23.2 Å². The summed E-state index contributed by atoms with van der Waals surface area (Å²) in [5.41, 5.74) is 2.12. The molecular weight excluding hydrogens is 298 g/mol. The van der Waals surface area contributed by atoms with Crippen molar-refractivity contribution in [2.75, 3.05) is 13.2 Å². The number of aryl methyl sites for hydroxylation is 1. The highest BCUT2D eigenvalue weighted by molar-refractivity contribution is 5.97. The fourth-order valence-corrected chi connectivity index (χ4v) is 3.13. The molecule has 0 atom stereocenters. The molecule has 1 aliphatic rings. The minimum atomic E-state index is -0.0384. The summed E-state index contributed by atoms with van der Waals surface area (Å²) >= 11 is 0. The smallest absolute Gasteiger partial charge is 0.255 e. The maximum absolute atomic E-state index is 12.4. The SMILES string of the molecule is Cc1ccc(OCC2CC(C(C)(C)C)C2)c(C(=O)NCC(C)C)c1. The van der Waals surface area contributed by atoms with Crippen molar-refractivity contribution in [3.05, 3.63) is 29.3 Å². The molecule has 0 aromatic heterocycles. The van der Waals surface area contributed by atoms with Gasteiger partial charge < -0.3 is 10.1 Å². The first kappa shape index (κ1) is 18.8. The zero-order chi connectivity index (χ0) is 17.9. The van der Waals surface area contributed by atoms with Gasteiger partial charge in [-0.3, -0.25) is 4.79 Å². The Hall–Kier alpha value is -1.51. The van der Waals surface area contributed by atoms with Crippen LogP contribution in [0.5, 0.6) is 5.75 Å². The lowest BCUT2D eigenvalue weighted by Gasteiger charge is -2.43. The Labute approximate surface area is 147 Å². The highest BCUT2D eigenvalue weighted by Crippen LogP contribution is 2.45. The molecule has 0 saturated heterocycles. The van der Waals surface area contributed by atoms with Crippen LogP contribution in [0.3, 0.4) is 0 Å². The van der Waals surface area contributed by atoms with E-state index in [0.29, 0.717) is 41.7 Å². The lowest BCUT2D eigenvalue weighted by atomic mass is 9.63. The number of benzene rings is 1. The fraction of sp³-hybridized carbons (Fsp3) is 0.667. The first-order chi connectivity index (χ1) is 11.2. The van der Waals surface area contributed by atoms with Gasteiger partial charge >= 0.3 is 0 Å². The predicted octanol–water partition coefficient (Wildman–Crippen LogP) is 4.83. The number of hydrogen-bond donors (Lipinski definition) is 1. The first-order valence-electron chi connectivity index (χ1n) is 9.18.